The van der Waals surface area contributed by atoms with Gasteiger partial charge in [-0.2, -0.15) is 0 Å². The third kappa shape index (κ3) is 5.10. The summed E-state index contributed by atoms with van der Waals surface area (Å²) in [6.07, 6.45) is 13.9. The summed E-state index contributed by atoms with van der Waals surface area (Å²) in [5.41, 5.74) is 1.67. The molecule has 198 valence electrons. The van der Waals surface area contributed by atoms with Gasteiger partial charge in [-0.25, -0.2) is 0 Å². The van der Waals surface area contributed by atoms with E-state index in [0.29, 0.717) is 17.3 Å². The Hall–Kier alpha value is -1.32. The molecule has 0 aromatic carbocycles. The highest BCUT2D eigenvalue weighted by Crippen LogP contribution is 2.68. The molecule has 4 aliphatic carbocycles. The molecule has 9 atom stereocenters. The lowest BCUT2D eigenvalue weighted by Gasteiger charge is -2.60. The zero-order valence-electron chi connectivity index (χ0n) is 23.4. The lowest BCUT2D eigenvalue weighted by Crippen LogP contribution is -2.55. The van der Waals surface area contributed by atoms with Crippen LogP contribution in [0.1, 0.15) is 113 Å². The van der Waals surface area contributed by atoms with Crippen molar-refractivity contribution in [3.8, 4) is 0 Å². The van der Waals surface area contributed by atoms with Gasteiger partial charge >= 0.3 is 11.9 Å². The van der Waals surface area contributed by atoms with Crippen LogP contribution in [0, 0.1) is 46.3 Å². The smallest absolute Gasteiger partial charge is 0.303 e. The second kappa shape index (κ2) is 10.2. The first-order chi connectivity index (χ1) is 16.5. The highest BCUT2D eigenvalue weighted by atomic mass is 16.5. The number of hydrogen-bond donors (Lipinski definition) is 0. The van der Waals surface area contributed by atoms with Gasteiger partial charge in [0.25, 0.3) is 0 Å². The van der Waals surface area contributed by atoms with Crippen LogP contribution in [-0.4, -0.2) is 24.1 Å². The second-order valence-electron chi connectivity index (χ2n) is 13.5. The normalized spacial score (nSPS) is 41.3. The van der Waals surface area contributed by atoms with Crippen LogP contribution in [0.25, 0.3) is 0 Å². The van der Waals surface area contributed by atoms with Crippen molar-refractivity contribution in [2.45, 2.75) is 125 Å². The van der Waals surface area contributed by atoms with E-state index < -0.39 is 0 Å². The molecule has 0 radical (unpaired) electrons. The summed E-state index contributed by atoms with van der Waals surface area (Å²) >= 11 is 0. The summed E-state index contributed by atoms with van der Waals surface area (Å²) < 4.78 is 11.6. The van der Waals surface area contributed by atoms with Crippen molar-refractivity contribution in [3.63, 3.8) is 0 Å². The standard InChI is InChI=1S/C31H50O4/c1-19(2)9-8-10-20(3)25-11-12-26-24-18-29(35-22(5)33)28-17-23(34-21(4)32)13-15-31(28,7)27(24)14-16-30(25,26)6/h17,19-20,23-27,29H,8-16,18H2,1-7H3/t20-,23-,24-,25-,26-,27+,29-,30-,31-/m1/s1. The van der Waals surface area contributed by atoms with Crippen LogP contribution in [0.4, 0.5) is 0 Å². The third-order valence-electron chi connectivity index (χ3n) is 10.9. The molecule has 4 rings (SSSR count). The Labute approximate surface area is 214 Å². The Morgan fingerprint density at radius 2 is 1.66 bits per heavy atom. The molecule has 35 heavy (non-hydrogen) atoms. The molecule has 0 aliphatic heterocycles. The van der Waals surface area contributed by atoms with Gasteiger partial charge in [0, 0.05) is 13.8 Å². The first kappa shape index (κ1) is 26.7. The van der Waals surface area contributed by atoms with E-state index in [4.69, 9.17) is 9.47 Å². The highest BCUT2D eigenvalue weighted by molar-refractivity contribution is 5.67. The summed E-state index contributed by atoms with van der Waals surface area (Å²) in [6.45, 7) is 15.2. The average Bonchev–Trinajstić information content (AvgIpc) is 3.11. The van der Waals surface area contributed by atoms with Crippen molar-refractivity contribution in [2.24, 2.45) is 46.3 Å². The number of fused-ring (bicyclic) bond motifs is 5. The van der Waals surface area contributed by atoms with Gasteiger partial charge in [-0.3, -0.25) is 9.59 Å². The predicted molar refractivity (Wildman–Crippen MR) is 140 cm³/mol. The van der Waals surface area contributed by atoms with Crippen LogP contribution >= 0.6 is 0 Å². The minimum absolute atomic E-state index is 0.0297. The maximum atomic E-state index is 12.2. The average molecular weight is 487 g/mol. The van der Waals surface area contributed by atoms with E-state index in [1.54, 1.807) is 0 Å². The monoisotopic (exact) mass is 486 g/mol. The number of ether oxygens (including phenoxy) is 2. The largest absolute Gasteiger partial charge is 0.458 e. The Balaban J connectivity index is 1.58. The Kier molecular flexibility index (Phi) is 7.80. The summed E-state index contributed by atoms with van der Waals surface area (Å²) in [4.78, 5) is 23.8. The molecule has 0 amide bonds. The minimum atomic E-state index is -0.235. The van der Waals surface area contributed by atoms with Crippen molar-refractivity contribution >= 4 is 11.9 Å². The number of rotatable bonds is 7. The van der Waals surface area contributed by atoms with Crippen molar-refractivity contribution in [1.82, 2.24) is 0 Å². The molecular formula is C31H50O4. The Morgan fingerprint density at radius 1 is 0.943 bits per heavy atom. The van der Waals surface area contributed by atoms with Gasteiger partial charge in [0.05, 0.1) is 0 Å². The van der Waals surface area contributed by atoms with E-state index in [2.05, 4.69) is 40.7 Å². The maximum absolute atomic E-state index is 12.2. The first-order valence-corrected chi connectivity index (χ1v) is 14.5. The van der Waals surface area contributed by atoms with Gasteiger partial charge in [-0.15, -0.1) is 0 Å². The molecule has 0 unspecified atom stereocenters. The fourth-order valence-corrected chi connectivity index (χ4v) is 9.36. The highest BCUT2D eigenvalue weighted by Gasteiger charge is 2.61. The predicted octanol–water partition coefficient (Wildman–Crippen LogP) is 7.50. The zero-order valence-corrected chi connectivity index (χ0v) is 23.4. The molecule has 0 bridgehead atoms. The van der Waals surface area contributed by atoms with E-state index in [0.717, 1.165) is 42.9 Å². The van der Waals surface area contributed by atoms with E-state index in [-0.39, 0.29) is 29.6 Å². The van der Waals surface area contributed by atoms with Crippen LogP contribution in [-0.2, 0) is 19.1 Å². The van der Waals surface area contributed by atoms with Gasteiger partial charge in [0.2, 0.25) is 0 Å². The molecule has 0 saturated heterocycles. The maximum Gasteiger partial charge on any atom is 0.303 e. The number of esters is 2. The fourth-order valence-electron chi connectivity index (χ4n) is 9.36. The van der Waals surface area contributed by atoms with Crippen molar-refractivity contribution in [3.05, 3.63) is 11.6 Å². The van der Waals surface area contributed by atoms with Gasteiger partial charge in [-0.05, 0) is 103 Å². The lowest BCUT2D eigenvalue weighted by atomic mass is 9.46. The molecule has 4 heteroatoms. The number of carbonyl (C=O) groups is 2. The molecule has 0 aromatic rings. The Morgan fingerprint density at radius 3 is 2.31 bits per heavy atom. The SMILES string of the molecule is CC(=O)O[C@H]1C=C2[C@H](OC(C)=O)C[C@@H]3[C@H]4CC[C@H]([C@H](C)CCCC(C)C)[C@@]4(C)CC[C@@H]3[C@@]2(C)CC1. The quantitative estimate of drug-likeness (QED) is 0.276. The molecule has 0 spiro atoms. The van der Waals surface area contributed by atoms with Crippen molar-refractivity contribution in [1.29, 1.82) is 0 Å². The molecule has 0 aromatic heterocycles. The van der Waals surface area contributed by atoms with E-state index in [9.17, 15) is 9.59 Å². The zero-order chi connectivity index (χ0) is 25.5. The first-order valence-electron chi connectivity index (χ1n) is 14.5. The van der Waals surface area contributed by atoms with Crippen LogP contribution < -0.4 is 0 Å². The van der Waals surface area contributed by atoms with Gasteiger partial charge in [0.1, 0.15) is 12.2 Å². The van der Waals surface area contributed by atoms with Crippen molar-refractivity contribution in [2.75, 3.05) is 0 Å². The van der Waals surface area contributed by atoms with E-state index in [1.807, 2.05) is 0 Å². The van der Waals surface area contributed by atoms with Crippen LogP contribution in [0.15, 0.2) is 11.6 Å². The third-order valence-corrected chi connectivity index (χ3v) is 10.9. The van der Waals surface area contributed by atoms with Crippen LogP contribution in [0.5, 0.6) is 0 Å². The van der Waals surface area contributed by atoms with E-state index >= 15 is 0 Å². The molecular weight excluding hydrogens is 436 g/mol. The molecule has 3 saturated carbocycles. The van der Waals surface area contributed by atoms with Gasteiger partial charge in [0.15, 0.2) is 0 Å². The minimum Gasteiger partial charge on any atom is -0.458 e. The summed E-state index contributed by atoms with van der Waals surface area (Å²) in [5.74, 6) is 3.93. The van der Waals surface area contributed by atoms with Gasteiger partial charge in [-0.1, -0.05) is 53.9 Å². The van der Waals surface area contributed by atoms with Crippen LogP contribution in [0.3, 0.4) is 0 Å². The fraction of sp³-hybridized carbons (Fsp3) is 0.871. The molecule has 3 fully saturated rings. The summed E-state index contributed by atoms with van der Waals surface area (Å²) in [6, 6.07) is 0. The molecule has 4 aliphatic rings. The molecule has 4 nitrogen and oxygen atoms in total. The second-order valence-corrected chi connectivity index (χ2v) is 13.5. The number of carbonyl (C=O) groups excluding carboxylic acids is 2. The Bertz CT molecular complexity index is 830. The summed E-state index contributed by atoms with van der Waals surface area (Å²) in [5, 5.41) is 0. The van der Waals surface area contributed by atoms with E-state index in [1.165, 1.54) is 64.4 Å². The van der Waals surface area contributed by atoms with Crippen molar-refractivity contribution < 1.29 is 19.1 Å². The molecule has 0 heterocycles. The topological polar surface area (TPSA) is 52.6 Å². The van der Waals surface area contributed by atoms with Crippen LogP contribution in [0.2, 0.25) is 0 Å². The lowest BCUT2D eigenvalue weighted by molar-refractivity contribution is -0.155. The number of hydrogen-bond acceptors (Lipinski definition) is 4. The summed E-state index contributed by atoms with van der Waals surface area (Å²) in [7, 11) is 0. The van der Waals surface area contributed by atoms with Gasteiger partial charge < -0.3 is 9.47 Å². The molecule has 0 N–H and O–H groups in total.